The molecule has 0 saturated carbocycles. The van der Waals surface area contributed by atoms with Crippen LogP contribution in [0.15, 0.2) is 18.5 Å². The van der Waals surface area contributed by atoms with Gasteiger partial charge in [-0.05, 0) is 45.2 Å². The Morgan fingerprint density at radius 3 is 2.44 bits per heavy atom. The summed E-state index contributed by atoms with van der Waals surface area (Å²) >= 11 is 0. The van der Waals surface area contributed by atoms with Crippen molar-refractivity contribution in [1.29, 1.82) is 0 Å². The molecule has 0 aromatic carbocycles. The zero-order valence-electron chi connectivity index (χ0n) is 19.6. The van der Waals surface area contributed by atoms with E-state index in [9.17, 15) is 26.4 Å². The fourth-order valence-corrected chi connectivity index (χ4v) is 5.45. The molecule has 0 spiro atoms. The molecule has 1 fully saturated rings. The maximum absolute atomic E-state index is 12.9. The number of aryl methyl sites for hydroxylation is 2. The van der Waals surface area contributed by atoms with E-state index in [1.54, 1.807) is 26.8 Å². The first-order valence-corrected chi connectivity index (χ1v) is 12.7. The normalized spacial score (nSPS) is 17.1. The lowest BCUT2D eigenvalue weighted by atomic mass is 9.95. The minimum Gasteiger partial charge on any atom is -0.464 e. The van der Waals surface area contributed by atoms with Crippen LogP contribution in [0, 0.1) is 13.8 Å². The lowest BCUT2D eigenvalue weighted by molar-refractivity contribution is -0.154. The second kappa shape index (κ2) is 9.19. The van der Waals surface area contributed by atoms with E-state index in [0.29, 0.717) is 16.9 Å². The number of nitrogens with zero attached hydrogens (tertiary/aromatic N) is 5. The molecular weight excluding hydrogens is 505 g/mol. The highest BCUT2D eigenvalue weighted by Crippen LogP contribution is 2.33. The van der Waals surface area contributed by atoms with E-state index in [1.807, 2.05) is 0 Å². The number of ether oxygens (including phenoxy) is 2. The second-order valence-electron chi connectivity index (χ2n) is 8.79. The van der Waals surface area contributed by atoms with Crippen LogP contribution in [0.5, 0.6) is 17.5 Å². The minimum absolute atomic E-state index is 0.0154. The Kier molecular flexibility index (Phi) is 6.53. The first-order valence-electron chi connectivity index (χ1n) is 10.8. The number of aromatic nitrogens is 5. The van der Waals surface area contributed by atoms with Crippen molar-refractivity contribution in [3.8, 4) is 17.5 Å². The van der Waals surface area contributed by atoms with Gasteiger partial charge >= 0.3 is 6.18 Å². The molecule has 0 unspecified atom stereocenters. The molecule has 3 aromatic rings. The Balaban J connectivity index is 1.58. The van der Waals surface area contributed by atoms with Gasteiger partial charge in [-0.25, -0.2) is 27.9 Å². The molecule has 4 heterocycles. The quantitative estimate of drug-likeness (QED) is 0.512. The maximum Gasteiger partial charge on any atom is 0.422 e. The Labute approximate surface area is 204 Å². The van der Waals surface area contributed by atoms with Gasteiger partial charge in [-0.15, -0.1) is 5.10 Å². The van der Waals surface area contributed by atoms with Crippen LogP contribution in [0.4, 0.5) is 13.2 Å². The van der Waals surface area contributed by atoms with E-state index in [-0.39, 0.29) is 41.8 Å². The van der Waals surface area contributed by atoms with E-state index in [4.69, 9.17) is 9.47 Å². The molecule has 0 aliphatic carbocycles. The molecule has 194 valence electrons. The number of carbonyl (C=O) groups is 1. The highest BCUT2D eigenvalue weighted by molar-refractivity contribution is 7.91. The molecule has 11 nitrogen and oxygen atoms in total. The van der Waals surface area contributed by atoms with Crippen molar-refractivity contribution < 1.29 is 35.9 Å². The summed E-state index contributed by atoms with van der Waals surface area (Å²) in [5, 5.41) is 7.08. The average molecular weight is 529 g/mol. The molecule has 1 saturated heterocycles. The molecule has 36 heavy (non-hydrogen) atoms. The van der Waals surface area contributed by atoms with Crippen molar-refractivity contribution in [1.82, 2.24) is 29.9 Å². The van der Waals surface area contributed by atoms with Crippen LogP contribution in [-0.4, -0.2) is 68.7 Å². The van der Waals surface area contributed by atoms with Gasteiger partial charge in [0.05, 0.1) is 17.2 Å². The summed E-state index contributed by atoms with van der Waals surface area (Å²) in [6.07, 6.45) is -1.59. The molecule has 3 aromatic heterocycles. The highest BCUT2D eigenvalue weighted by atomic mass is 32.2. The number of halogens is 3. The number of nitrogens with one attached hydrogen (secondary N) is 1. The van der Waals surface area contributed by atoms with Crippen molar-refractivity contribution in [3.63, 3.8) is 0 Å². The van der Waals surface area contributed by atoms with Crippen molar-refractivity contribution in [2.75, 3.05) is 18.1 Å². The van der Waals surface area contributed by atoms with Crippen LogP contribution < -0.4 is 14.8 Å². The molecule has 0 atom stereocenters. The van der Waals surface area contributed by atoms with Gasteiger partial charge in [0, 0.05) is 17.9 Å². The number of hydrogen-bond donors (Lipinski definition) is 1. The van der Waals surface area contributed by atoms with Crippen LogP contribution in [0.25, 0.3) is 5.65 Å². The lowest BCUT2D eigenvalue weighted by Crippen LogP contribution is -2.51. The molecule has 4 rings (SSSR count). The molecule has 1 aliphatic rings. The fourth-order valence-electron chi connectivity index (χ4n) is 3.73. The van der Waals surface area contributed by atoms with Gasteiger partial charge < -0.3 is 14.8 Å². The first kappa shape index (κ1) is 25.6. The van der Waals surface area contributed by atoms with Gasteiger partial charge in [0.25, 0.3) is 17.7 Å². The van der Waals surface area contributed by atoms with Gasteiger partial charge in [-0.1, -0.05) is 0 Å². The summed E-state index contributed by atoms with van der Waals surface area (Å²) < 4.78 is 73.0. The molecule has 1 amide bonds. The van der Waals surface area contributed by atoms with Crippen molar-refractivity contribution in [3.05, 3.63) is 35.5 Å². The van der Waals surface area contributed by atoms with Gasteiger partial charge in [0.15, 0.2) is 18.0 Å². The summed E-state index contributed by atoms with van der Waals surface area (Å²) in [5.74, 6) is -1.20. The smallest absolute Gasteiger partial charge is 0.422 e. The number of fused-ring (bicyclic) bond motifs is 1. The van der Waals surface area contributed by atoms with Crippen molar-refractivity contribution in [2.24, 2.45) is 0 Å². The van der Waals surface area contributed by atoms with Crippen LogP contribution >= 0.6 is 0 Å². The van der Waals surface area contributed by atoms with E-state index in [0.717, 1.165) is 0 Å². The van der Waals surface area contributed by atoms with E-state index >= 15 is 0 Å². The van der Waals surface area contributed by atoms with Crippen LogP contribution in [-0.2, 0) is 9.84 Å². The van der Waals surface area contributed by atoms with Crippen molar-refractivity contribution >= 4 is 21.4 Å². The van der Waals surface area contributed by atoms with Crippen molar-refractivity contribution in [2.45, 2.75) is 45.3 Å². The molecule has 1 aliphatic heterocycles. The largest absolute Gasteiger partial charge is 0.464 e. The molecule has 15 heteroatoms. The third-order valence-corrected chi connectivity index (χ3v) is 7.39. The van der Waals surface area contributed by atoms with E-state index < -0.39 is 39.9 Å². The third kappa shape index (κ3) is 5.66. The predicted molar refractivity (Wildman–Crippen MR) is 120 cm³/mol. The van der Waals surface area contributed by atoms with Gasteiger partial charge in [-0.2, -0.15) is 13.2 Å². The minimum atomic E-state index is -4.57. The van der Waals surface area contributed by atoms with Crippen LogP contribution in [0.3, 0.4) is 0 Å². The number of hydrogen-bond acceptors (Lipinski definition) is 9. The molecule has 0 bridgehead atoms. The zero-order chi connectivity index (χ0) is 26.3. The Hall–Kier alpha value is -3.49. The van der Waals surface area contributed by atoms with Gasteiger partial charge in [0.1, 0.15) is 9.84 Å². The highest BCUT2D eigenvalue weighted by Gasteiger charge is 2.35. The Morgan fingerprint density at radius 1 is 1.17 bits per heavy atom. The molecule has 1 N–H and O–H groups in total. The monoisotopic (exact) mass is 528 g/mol. The van der Waals surface area contributed by atoms with Crippen LogP contribution in [0.1, 0.15) is 41.6 Å². The standard InChI is InChI=1S/C21H23F3N6O5S/c1-12-10-14-27-16(17(31)28-20(3)4-8-36(32,33)9-5-20)29-30(14)13(2)15(12)35-19-18(25-6-7-26-19)34-11-21(22,23)24/h6-7,10H,4-5,8-9,11H2,1-3H3,(H,28,31). The average Bonchev–Trinajstić information content (AvgIpc) is 3.22. The number of carbonyl (C=O) groups excluding carboxylic acids is 1. The Morgan fingerprint density at radius 2 is 1.81 bits per heavy atom. The van der Waals surface area contributed by atoms with E-state index in [2.05, 4.69) is 25.4 Å². The number of alkyl halides is 3. The second-order valence-corrected chi connectivity index (χ2v) is 11.1. The predicted octanol–water partition coefficient (Wildman–Crippen LogP) is 2.57. The summed E-state index contributed by atoms with van der Waals surface area (Å²) in [7, 11) is -3.10. The topological polar surface area (TPSA) is 138 Å². The molecule has 0 radical (unpaired) electrons. The first-order chi connectivity index (χ1) is 16.8. The fraction of sp³-hybridized carbons (Fsp3) is 0.476. The zero-order valence-corrected chi connectivity index (χ0v) is 20.4. The molecular formula is C21H23F3N6O5S. The third-order valence-electron chi connectivity index (χ3n) is 5.73. The lowest BCUT2D eigenvalue weighted by Gasteiger charge is -2.33. The van der Waals surface area contributed by atoms with Crippen LogP contribution in [0.2, 0.25) is 0 Å². The van der Waals surface area contributed by atoms with Gasteiger partial charge in [-0.3, -0.25) is 4.79 Å². The summed E-state index contributed by atoms with van der Waals surface area (Å²) in [4.78, 5) is 24.8. The number of pyridine rings is 1. The Bertz CT molecular complexity index is 1410. The summed E-state index contributed by atoms with van der Waals surface area (Å²) in [5.41, 5.74) is 0.583. The number of amides is 1. The number of rotatable bonds is 6. The maximum atomic E-state index is 12.9. The summed E-state index contributed by atoms with van der Waals surface area (Å²) in [6, 6.07) is 1.59. The summed E-state index contributed by atoms with van der Waals surface area (Å²) in [6.45, 7) is 3.53. The SMILES string of the molecule is Cc1cc2nc(C(=O)NC3(C)CCS(=O)(=O)CC3)nn2c(C)c1Oc1nccnc1OCC(F)(F)F. The number of sulfone groups is 1. The van der Waals surface area contributed by atoms with Gasteiger partial charge in [0.2, 0.25) is 5.82 Å². The van der Waals surface area contributed by atoms with E-state index in [1.165, 1.54) is 16.9 Å².